The van der Waals surface area contributed by atoms with Crippen LogP contribution in [0.1, 0.15) is 34.9 Å². The number of rotatable bonds is 4. The number of aromatic nitrogens is 5. The van der Waals surface area contributed by atoms with E-state index >= 15 is 0 Å². The Labute approximate surface area is 196 Å². The molecule has 1 amide bonds. The molecule has 1 aromatic carbocycles. The lowest BCUT2D eigenvalue weighted by Crippen LogP contribution is -2.31. The summed E-state index contributed by atoms with van der Waals surface area (Å²) in [6, 6.07) is 10.9. The molecule has 4 aromatic rings. The highest BCUT2D eigenvalue weighted by Crippen LogP contribution is 2.37. The second-order valence-corrected chi connectivity index (χ2v) is 8.46. The molecule has 1 saturated heterocycles. The summed E-state index contributed by atoms with van der Waals surface area (Å²) in [4.78, 5) is 28.5. The first-order valence-corrected chi connectivity index (χ1v) is 11.0. The van der Waals surface area contributed by atoms with Crippen LogP contribution in [0.25, 0.3) is 22.4 Å². The van der Waals surface area contributed by atoms with Crippen molar-refractivity contribution in [2.45, 2.75) is 18.9 Å². The Hall–Kier alpha value is -3.78. The topological polar surface area (TPSA) is 103 Å². The number of amides is 1. The molecule has 1 aliphatic heterocycles. The number of pyridine rings is 1. The zero-order chi connectivity index (χ0) is 22.9. The Balaban J connectivity index is 1.45. The molecule has 5 rings (SSSR count). The number of anilines is 1. The molecule has 2 N–H and O–H groups in total. The number of halogens is 1. The molecule has 33 heavy (non-hydrogen) atoms. The Morgan fingerprint density at radius 2 is 1.88 bits per heavy atom. The fourth-order valence-corrected chi connectivity index (χ4v) is 4.35. The summed E-state index contributed by atoms with van der Waals surface area (Å²) in [5, 5.41) is 4.82. The first-order chi connectivity index (χ1) is 16.0. The molecule has 0 bridgehead atoms. The average molecular weight is 460 g/mol. The summed E-state index contributed by atoms with van der Waals surface area (Å²) in [5.74, 6) is 0.103. The van der Waals surface area contributed by atoms with E-state index in [1.807, 2.05) is 54.5 Å². The number of hydrogen-bond acceptors (Lipinski definition) is 6. The van der Waals surface area contributed by atoms with Crippen molar-refractivity contribution in [3.63, 3.8) is 0 Å². The zero-order valence-corrected chi connectivity index (χ0v) is 18.8. The summed E-state index contributed by atoms with van der Waals surface area (Å²) in [6.45, 7) is 0.637. The van der Waals surface area contributed by atoms with Crippen molar-refractivity contribution in [3.05, 3.63) is 77.5 Å². The van der Waals surface area contributed by atoms with E-state index in [2.05, 4.69) is 20.1 Å². The first-order valence-electron chi connectivity index (χ1n) is 10.6. The monoisotopic (exact) mass is 459 g/mol. The van der Waals surface area contributed by atoms with E-state index in [0.29, 0.717) is 17.1 Å². The number of nitrogens with zero attached hydrogens (tertiary/aromatic N) is 6. The number of carbonyl (C=O) groups is 1. The summed E-state index contributed by atoms with van der Waals surface area (Å²) in [7, 11) is 1.85. The lowest BCUT2D eigenvalue weighted by atomic mass is 9.99. The lowest BCUT2D eigenvalue weighted by Gasteiger charge is -2.26. The maximum Gasteiger partial charge on any atom is 0.255 e. The van der Waals surface area contributed by atoms with Crippen LogP contribution in [-0.2, 0) is 7.05 Å². The molecule has 166 valence electrons. The Kier molecular flexibility index (Phi) is 5.51. The van der Waals surface area contributed by atoms with Crippen LogP contribution < -0.4 is 5.73 Å². The molecule has 0 spiro atoms. The molecule has 0 radical (unpaired) electrons. The van der Waals surface area contributed by atoms with Gasteiger partial charge in [0.2, 0.25) is 5.95 Å². The Morgan fingerprint density at radius 3 is 2.58 bits per heavy atom. The van der Waals surface area contributed by atoms with Gasteiger partial charge in [-0.15, -0.1) is 0 Å². The van der Waals surface area contributed by atoms with Crippen molar-refractivity contribution in [1.82, 2.24) is 29.6 Å². The van der Waals surface area contributed by atoms with Gasteiger partial charge in [0.25, 0.3) is 5.91 Å². The minimum Gasteiger partial charge on any atom is -0.368 e. The molecule has 1 fully saturated rings. The van der Waals surface area contributed by atoms with Crippen molar-refractivity contribution in [3.8, 4) is 22.4 Å². The molecular weight excluding hydrogens is 438 g/mol. The number of hydrogen-bond donors (Lipinski definition) is 1. The van der Waals surface area contributed by atoms with Gasteiger partial charge in [0.05, 0.1) is 29.2 Å². The van der Waals surface area contributed by atoms with Gasteiger partial charge < -0.3 is 10.6 Å². The van der Waals surface area contributed by atoms with Crippen LogP contribution in [0, 0.1) is 0 Å². The number of nitrogens with two attached hydrogens (primary N) is 1. The van der Waals surface area contributed by atoms with E-state index in [0.717, 1.165) is 40.9 Å². The highest BCUT2D eigenvalue weighted by atomic mass is 35.5. The molecule has 8 nitrogen and oxygen atoms in total. The molecule has 0 aliphatic carbocycles. The summed E-state index contributed by atoms with van der Waals surface area (Å²) in [6.07, 6.45) is 8.64. The third kappa shape index (κ3) is 4.17. The van der Waals surface area contributed by atoms with Crippen molar-refractivity contribution < 1.29 is 4.79 Å². The van der Waals surface area contributed by atoms with Gasteiger partial charge >= 0.3 is 0 Å². The number of nitrogen functional groups attached to an aromatic ring is 1. The zero-order valence-electron chi connectivity index (χ0n) is 18.0. The maximum absolute atomic E-state index is 13.4. The molecule has 0 unspecified atom stereocenters. The van der Waals surface area contributed by atoms with E-state index in [1.165, 1.54) is 0 Å². The predicted octanol–water partition coefficient (Wildman–Crippen LogP) is 4.15. The normalized spacial score (nSPS) is 15.7. The van der Waals surface area contributed by atoms with E-state index in [1.54, 1.807) is 23.3 Å². The van der Waals surface area contributed by atoms with Gasteiger partial charge in [-0.05, 0) is 42.7 Å². The molecule has 0 saturated carbocycles. The van der Waals surface area contributed by atoms with Crippen LogP contribution in [-0.4, -0.2) is 42.1 Å². The standard InChI is InChI=1S/C24H22ClN7O/c1-31-14-17(12-29-31)20-9-6-16(11-27-20)23(33)32-10-2-3-21(32)22-19(13-28-24(26)30-22)15-4-7-18(25)8-5-15/h4-9,11-14,21H,2-3,10H2,1H3,(H2,26,28,30)/t21-/m1/s1. The van der Waals surface area contributed by atoms with Crippen LogP contribution in [0.2, 0.25) is 5.02 Å². The summed E-state index contributed by atoms with van der Waals surface area (Å²) in [5.41, 5.74) is 10.7. The van der Waals surface area contributed by atoms with Crippen molar-refractivity contribution in [2.24, 2.45) is 7.05 Å². The Bertz CT molecular complexity index is 1300. The smallest absolute Gasteiger partial charge is 0.255 e. The Morgan fingerprint density at radius 1 is 1.06 bits per heavy atom. The maximum atomic E-state index is 13.4. The SMILES string of the molecule is Cn1cc(-c2ccc(C(=O)N3CCC[C@@H]3c3nc(N)ncc3-c3ccc(Cl)cc3)cn2)cn1. The summed E-state index contributed by atoms with van der Waals surface area (Å²) < 4.78 is 1.72. The second kappa shape index (κ2) is 8.63. The number of likely N-dealkylation sites (tertiary alicyclic amines) is 1. The molecule has 1 atom stereocenters. The van der Waals surface area contributed by atoms with Gasteiger partial charge in [-0.2, -0.15) is 5.10 Å². The van der Waals surface area contributed by atoms with E-state index in [4.69, 9.17) is 17.3 Å². The van der Waals surface area contributed by atoms with Gasteiger partial charge in [0.15, 0.2) is 0 Å². The minimum absolute atomic E-state index is 0.0815. The van der Waals surface area contributed by atoms with E-state index in [9.17, 15) is 4.79 Å². The quantitative estimate of drug-likeness (QED) is 0.491. The van der Waals surface area contributed by atoms with Crippen LogP contribution in [0.5, 0.6) is 0 Å². The van der Waals surface area contributed by atoms with Gasteiger partial charge in [-0.3, -0.25) is 14.5 Å². The first kappa shape index (κ1) is 21.1. The minimum atomic E-state index is -0.202. The highest BCUT2D eigenvalue weighted by Gasteiger charge is 2.33. The van der Waals surface area contributed by atoms with Crippen molar-refractivity contribution in [2.75, 3.05) is 12.3 Å². The van der Waals surface area contributed by atoms with Crippen LogP contribution >= 0.6 is 11.6 Å². The van der Waals surface area contributed by atoms with Crippen LogP contribution in [0.15, 0.2) is 61.2 Å². The third-order valence-corrected chi connectivity index (χ3v) is 6.08. The number of benzene rings is 1. The second-order valence-electron chi connectivity index (χ2n) is 8.03. The van der Waals surface area contributed by atoms with Gasteiger partial charge in [-0.1, -0.05) is 23.7 Å². The van der Waals surface area contributed by atoms with E-state index in [-0.39, 0.29) is 17.9 Å². The fourth-order valence-electron chi connectivity index (χ4n) is 4.22. The largest absolute Gasteiger partial charge is 0.368 e. The molecule has 4 heterocycles. The average Bonchev–Trinajstić information content (AvgIpc) is 3.49. The predicted molar refractivity (Wildman–Crippen MR) is 126 cm³/mol. The van der Waals surface area contributed by atoms with E-state index < -0.39 is 0 Å². The third-order valence-electron chi connectivity index (χ3n) is 5.83. The lowest BCUT2D eigenvalue weighted by molar-refractivity contribution is 0.0733. The number of carbonyl (C=O) groups excluding carboxylic acids is 1. The van der Waals surface area contributed by atoms with Crippen molar-refractivity contribution in [1.29, 1.82) is 0 Å². The molecule has 1 aliphatic rings. The van der Waals surface area contributed by atoms with Gasteiger partial charge in [0.1, 0.15) is 0 Å². The fraction of sp³-hybridized carbons (Fsp3) is 0.208. The molecule has 3 aromatic heterocycles. The molecule has 9 heteroatoms. The highest BCUT2D eigenvalue weighted by molar-refractivity contribution is 6.30. The van der Waals surface area contributed by atoms with Gasteiger partial charge in [-0.25, -0.2) is 9.97 Å². The number of aryl methyl sites for hydroxylation is 1. The van der Waals surface area contributed by atoms with Crippen LogP contribution in [0.4, 0.5) is 5.95 Å². The molecular formula is C24H22ClN7O. The van der Waals surface area contributed by atoms with Crippen molar-refractivity contribution >= 4 is 23.5 Å². The van der Waals surface area contributed by atoms with Crippen LogP contribution in [0.3, 0.4) is 0 Å². The summed E-state index contributed by atoms with van der Waals surface area (Å²) >= 11 is 6.06. The van der Waals surface area contributed by atoms with Gasteiger partial charge in [0, 0.05) is 48.3 Å².